The summed E-state index contributed by atoms with van der Waals surface area (Å²) in [5, 5.41) is 16.0. The van der Waals surface area contributed by atoms with E-state index in [4.69, 9.17) is 4.98 Å². The van der Waals surface area contributed by atoms with Gasteiger partial charge >= 0.3 is 0 Å². The van der Waals surface area contributed by atoms with Crippen LogP contribution < -0.4 is 5.32 Å². The fraction of sp³-hybridized carbons (Fsp3) is 0.545. The largest absolute Gasteiger partial charge is 0.393 e. The number of aliphatic hydroxyl groups is 1. The van der Waals surface area contributed by atoms with Crippen molar-refractivity contribution < 1.29 is 9.90 Å². The molecule has 2 N–H and O–H groups in total. The van der Waals surface area contributed by atoms with Gasteiger partial charge in [-0.1, -0.05) is 30.3 Å². The minimum absolute atomic E-state index is 0.0859. The number of hydrogen-bond acceptors (Lipinski definition) is 5. The molecule has 2 aromatic rings. The van der Waals surface area contributed by atoms with Gasteiger partial charge in [0.2, 0.25) is 5.91 Å². The summed E-state index contributed by atoms with van der Waals surface area (Å²) < 4.78 is 0. The lowest BCUT2D eigenvalue weighted by atomic mass is 9.70. The van der Waals surface area contributed by atoms with E-state index in [9.17, 15) is 9.90 Å². The Hall–Kier alpha value is -1.92. The smallest absolute Gasteiger partial charge is 0.225 e. The maximum Gasteiger partial charge on any atom is 0.225 e. The number of carbonyl (C=O) groups is 1. The first-order valence-electron chi connectivity index (χ1n) is 10.3. The average molecular weight is 400 g/mol. The molecule has 150 valence electrons. The lowest BCUT2D eigenvalue weighted by molar-refractivity contribution is -0.138. The van der Waals surface area contributed by atoms with E-state index >= 15 is 0 Å². The summed E-state index contributed by atoms with van der Waals surface area (Å²) in [4.78, 5) is 19.9. The summed E-state index contributed by atoms with van der Waals surface area (Å²) in [6.45, 7) is 1.53. The highest BCUT2D eigenvalue weighted by Crippen LogP contribution is 2.43. The zero-order valence-electron chi connectivity index (χ0n) is 16.4. The Balaban J connectivity index is 1.53. The number of likely N-dealkylation sites (tertiary alicyclic amines) is 1. The normalized spacial score (nSPS) is 24.7. The Morgan fingerprint density at radius 2 is 1.86 bits per heavy atom. The van der Waals surface area contributed by atoms with Crippen LogP contribution in [0.2, 0.25) is 0 Å². The summed E-state index contributed by atoms with van der Waals surface area (Å²) in [7, 11) is 1.90. The molecule has 0 spiro atoms. The van der Waals surface area contributed by atoms with Crippen LogP contribution in [0.1, 0.15) is 49.8 Å². The fourth-order valence-corrected chi connectivity index (χ4v) is 5.52. The summed E-state index contributed by atoms with van der Waals surface area (Å²) >= 11 is 1.64. The third kappa shape index (κ3) is 3.67. The minimum Gasteiger partial charge on any atom is -0.393 e. The standard InChI is InChI=1S/C22H29N3O2S/c1-23-21-24-19(15-28-21)22(17-5-3-2-4-6-17)11-13-25(14-12-22)20(27)16-7-9-18(26)10-8-16/h2-6,15-16,18,26H,7-14H2,1H3,(H,23,24). The molecule has 2 fully saturated rings. The van der Waals surface area contributed by atoms with Crippen LogP contribution in [0.3, 0.4) is 0 Å². The van der Waals surface area contributed by atoms with E-state index in [1.54, 1.807) is 11.3 Å². The Labute approximate surface area is 170 Å². The summed E-state index contributed by atoms with van der Waals surface area (Å²) in [5.74, 6) is 0.366. The van der Waals surface area contributed by atoms with E-state index in [0.717, 1.165) is 62.4 Å². The van der Waals surface area contributed by atoms with Gasteiger partial charge in [-0.05, 0) is 44.1 Å². The summed E-state index contributed by atoms with van der Waals surface area (Å²) in [5.41, 5.74) is 2.27. The predicted molar refractivity (Wildman–Crippen MR) is 113 cm³/mol. The van der Waals surface area contributed by atoms with Crippen LogP contribution >= 0.6 is 11.3 Å². The van der Waals surface area contributed by atoms with Gasteiger partial charge in [-0.2, -0.15) is 0 Å². The van der Waals surface area contributed by atoms with Gasteiger partial charge in [0.25, 0.3) is 0 Å². The molecule has 5 nitrogen and oxygen atoms in total. The second-order valence-electron chi connectivity index (χ2n) is 8.07. The highest BCUT2D eigenvalue weighted by Gasteiger charge is 2.41. The van der Waals surface area contributed by atoms with Crippen molar-refractivity contribution in [3.05, 3.63) is 47.0 Å². The third-order valence-corrected chi connectivity index (χ3v) is 7.37. The van der Waals surface area contributed by atoms with Crippen molar-refractivity contribution in [2.24, 2.45) is 5.92 Å². The molecule has 0 unspecified atom stereocenters. The quantitative estimate of drug-likeness (QED) is 0.824. The SMILES string of the molecule is CNc1nc(C2(c3ccccc3)CCN(C(=O)C3CCC(O)CC3)CC2)cs1. The van der Waals surface area contributed by atoms with Gasteiger partial charge in [0.1, 0.15) is 0 Å². The number of hydrogen-bond donors (Lipinski definition) is 2. The molecule has 4 rings (SSSR count). The van der Waals surface area contributed by atoms with Gasteiger partial charge in [-0.25, -0.2) is 4.98 Å². The van der Waals surface area contributed by atoms with E-state index in [1.165, 1.54) is 5.56 Å². The molecule has 2 heterocycles. The molecule has 28 heavy (non-hydrogen) atoms. The van der Waals surface area contributed by atoms with Crippen molar-refractivity contribution >= 4 is 22.4 Å². The van der Waals surface area contributed by atoms with Gasteiger partial charge in [0.05, 0.1) is 11.8 Å². The number of carbonyl (C=O) groups excluding carboxylic acids is 1. The van der Waals surface area contributed by atoms with Crippen molar-refractivity contribution in [1.29, 1.82) is 0 Å². The molecule has 0 radical (unpaired) electrons. The van der Waals surface area contributed by atoms with Gasteiger partial charge in [0, 0.05) is 36.9 Å². The number of rotatable bonds is 4. The first kappa shape index (κ1) is 19.4. The topological polar surface area (TPSA) is 65.5 Å². The highest BCUT2D eigenvalue weighted by atomic mass is 32.1. The van der Waals surface area contributed by atoms with E-state index in [0.29, 0.717) is 0 Å². The van der Waals surface area contributed by atoms with E-state index in [2.05, 4.69) is 39.9 Å². The third-order valence-electron chi connectivity index (χ3n) is 6.51. The maximum atomic E-state index is 13.0. The average Bonchev–Trinajstić information content (AvgIpc) is 3.24. The number of amides is 1. The van der Waals surface area contributed by atoms with Crippen molar-refractivity contribution in [3.8, 4) is 0 Å². The van der Waals surface area contributed by atoms with Gasteiger partial charge < -0.3 is 15.3 Å². The molecule has 1 aliphatic heterocycles. The molecule has 1 amide bonds. The van der Waals surface area contributed by atoms with Crippen molar-refractivity contribution in [2.45, 2.75) is 50.0 Å². The predicted octanol–water partition coefficient (Wildman–Crippen LogP) is 3.64. The van der Waals surface area contributed by atoms with E-state index in [1.807, 2.05) is 13.1 Å². The zero-order valence-corrected chi connectivity index (χ0v) is 17.3. The number of benzene rings is 1. The number of nitrogens with zero attached hydrogens (tertiary/aromatic N) is 2. The molecule has 1 saturated carbocycles. The zero-order chi connectivity index (χ0) is 19.6. The van der Waals surface area contributed by atoms with E-state index in [-0.39, 0.29) is 23.3 Å². The molecule has 1 aromatic carbocycles. The fourth-order valence-electron chi connectivity index (χ4n) is 4.75. The number of aliphatic hydroxyl groups excluding tert-OH is 1. The number of thiazole rings is 1. The van der Waals surface area contributed by atoms with Crippen molar-refractivity contribution in [3.63, 3.8) is 0 Å². The van der Waals surface area contributed by atoms with Crippen LogP contribution in [-0.2, 0) is 10.2 Å². The first-order chi connectivity index (χ1) is 13.6. The Kier molecular flexibility index (Phi) is 5.69. The lowest BCUT2D eigenvalue weighted by Gasteiger charge is -2.42. The molecule has 1 aliphatic carbocycles. The van der Waals surface area contributed by atoms with Crippen LogP contribution in [0, 0.1) is 5.92 Å². The van der Waals surface area contributed by atoms with Crippen LogP contribution in [0.25, 0.3) is 0 Å². The van der Waals surface area contributed by atoms with Crippen LogP contribution in [0.5, 0.6) is 0 Å². The van der Waals surface area contributed by atoms with Crippen LogP contribution in [-0.4, -0.2) is 47.1 Å². The first-order valence-corrected chi connectivity index (χ1v) is 11.2. The Bertz CT molecular complexity index is 791. The van der Waals surface area contributed by atoms with Gasteiger partial charge in [-0.3, -0.25) is 4.79 Å². The van der Waals surface area contributed by atoms with Crippen LogP contribution in [0.4, 0.5) is 5.13 Å². The molecule has 1 saturated heterocycles. The number of nitrogens with one attached hydrogen (secondary N) is 1. The molecule has 2 aliphatic rings. The molecule has 1 aromatic heterocycles. The number of aromatic nitrogens is 1. The molecule has 6 heteroatoms. The van der Waals surface area contributed by atoms with Gasteiger partial charge in [0.15, 0.2) is 5.13 Å². The molecule has 0 atom stereocenters. The number of piperidine rings is 1. The molecule has 0 bridgehead atoms. The minimum atomic E-state index is -0.220. The summed E-state index contributed by atoms with van der Waals surface area (Å²) in [6, 6.07) is 10.6. The van der Waals surface area contributed by atoms with Gasteiger partial charge in [-0.15, -0.1) is 11.3 Å². The molecular formula is C22H29N3O2S. The van der Waals surface area contributed by atoms with Crippen molar-refractivity contribution in [1.82, 2.24) is 9.88 Å². The second kappa shape index (κ2) is 8.21. The van der Waals surface area contributed by atoms with Crippen molar-refractivity contribution in [2.75, 3.05) is 25.5 Å². The van der Waals surface area contributed by atoms with Crippen LogP contribution in [0.15, 0.2) is 35.7 Å². The highest BCUT2D eigenvalue weighted by molar-refractivity contribution is 7.13. The molecular weight excluding hydrogens is 370 g/mol. The lowest BCUT2D eigenvalue weighted by Crippen LogP contribution is -2.48. The van der Waals surface area contributed by atoms with E-state index < -0.39 is 0 Å². The Morgan fingerprint density at radius 1 is 1.18 bits per heavy atom. The summed E-state index contributed by atoms with van der Waals surface area (Å²) in [6.07, 6.45) is 4.71. The second-order valence-corrected chi connectivity index (χ2v) is 8.92. The number of anilines is 1. The Morgan fingerprint density at radius 3 is 2.46 bits per heavy atom. The maximum absolute atomic E-state index is 13.0. The monoisotopic (exact) mass is 399 g/mol.